The molecule has 132 valence electrons. The highest BCUT2D eigenvalue weighted by Crippen LogP contribution is 2.17. The molecule has 0 radical (unpaired) electrons. The lowest BCUT2D eigenvalue weighted by Gasteiger charge is -2.21. The second-order valence-electron chi connectivity index (χ2n) is 6.50. The zero-order chi connectivity index (χ0) is 18.3. The Bertz CT molecular complexity index is 602. The van der Waals surface area contributed by atoms with Gasteiger partial charge in [0.05, 0.1) is 17.8 Å². The average molecular weight is 333 g/mol. The third kappa shape index (κ3) is 5.37. The Morgan fingerprint density at radius 1 is 1.04 bits per heavy atom. The smallest absolute Gasteiger partial charge is 0.255 e. The molecule has 1 rings (SSSR count). The number of hydrogen-bond acceptors (Lipinski definition) is 3. The molecular weight excluding hydrogens is 306 g/mol. The Morgan fingerprint density at radius 3 is 2.17 bits per heavy atom. The van der Waals surface area contributed by atoms with Gasteiger partial charge in [0.2, 0.25) is 11.8 Å². The molecule has 0 heterocycles. The van der Waals surface area contributed by atoms with Gasteiger partial charge in [-0.05, 0) is 26.0 Å². The Labute approximate surface area is 143 Å². The molecule has 24 heavy (non-hydrogen) atoms. The van der Waals surface area contributed by atoms with Crippen LogP contribution >= 0.6 is 0 Å². The molecule has 0 bridgehead atoms. The van der Waals surface area contributed by atoms with E-state index >= 15 is 0 Å². The SMILES string of the molecule is CCN(CC)C(=O)c1ccccc1NC(=O)CNC(=O)C(C)(C)C. The van der Waals surface area contributed by atoms with Crippen LogP contribution < -0.4 is 10.6 Å². The van der Waals surface area contributed by atoms with Crippen molar-refractivity contribution < 1.29 is 14.4 Å². The molecule has 0 atom stereocenters. The van der Waals surface area contributed by atoms with Crippen LogP contribution in [-0.2, 0) is 9.59 Å². The van der Waals surface area contributed by atoms with Gasteiger partial charge in [-0.25, -0.2) is 0 Å². The minimum atomic E-state index is -0.559. The molecule has 3 amide bonds. The van der Waals surface area contributed by atoms with E-state index in [9.17, 15) is 14.4 Å². The maximum atomic E-state index is 12.5. The van der Waals surface area contributed by atoms with Crippen molar-refractivity contribution in [3.8, 4) is 0 Å². The summed E-state index contributed by atoms with van der Waals surface area (Å²) in [4.78, 5) is 38.1. The Hall–Kier alpha value is -2.37. The van der Waals surface area contributed by atoms with Crippen LogP contribution in [0, 0.1) is 5.41 Å². The topological polar surface area (TPSA) is 78.5 Å². The van der Waals surface area contributed by atoms with Crippen molar-refractivity contribution in [2.45, 2.75) is 34.6 Å². The monoisotopic (exact) mass is 333 g/mol. The second kappa shape index (κ2) is 8.47. The third-order valence-corrected chi connectivity index (χ3v) is 3.57. The van der Waals surface area contributed by atoms with Crippen molar-refractivity contribution in [3.05, 3.63) is 29.8 Å². The van der Waals surface area contributed by atoms with E-state index in [4.69, 9.17) is 0 Å². The van der Waals surface area contributed by atoms with Gasteiger partial charge in [-0.3, -0.25) is 14.4 Å². The first-order valence-electron chi connectivity index (χ1n) is 8.17. The van der Waals surface area contributed by atoms with Crippen LogP contribution in [-0.4, -0.2) is 42.3 Å². The first-order chi connectivity index (χ1) is 11.2. The van der Waals surface area contributed by atoms with E-state index in [1.165, 1.54) is 0 Å². The van der Waals surface area contributed by atoms with Gasteiger partial charge in [-0.15, -0.1) is 0 Å². The maximum Gasteiger partial charge on any atom is 0.255 e. The number of carbonyl (C=O) groups is 3. The minimum Gasteiger partial charge on any atom is -0.347 e. The summed E-state index contributed by atoms with van der Waals surface area (Å²) in [5.74, 6) is -0.702. The van der Waals surface area contributed by atoms with Crippen LogP contribution in [0.4, 0.5) is 5.69 Å². The highest BCUT2D eigenvalue weighted by molar-refractivity contribution is 6.04. The van der Waals surface area contributed by atoms with Crippen molar-refractivity contribution in [1.29, 1.82) is 0 Å². The van der Waals surface area contributed by atoms with E-state index < -0.39 is 5.41 Å². The van der Waals surface area contributed by atoms with E-state index in [2.05, 4.69) is 10.6 Å². The molecule has 0 aliphatic carbocycles. The number of nitrogens with zero attached hydrogens (tertiary/aromatic N) is 1. The van der Waals surface area contributed by atoms with Crippen LogP contribution in [0.5, 0.6) is 0 Å². The molecule has 0 fully saturated rings. The van der Waals surface area contributed by atoms with Crippen LogP contribution in [0.15, 0.2) is 24.3 Å². The molecule has 1 aromatic carbocycles. The highest BCUT2D eigenvalue weighted by Gasteiger charge is 2.22. The summed E-state index contributed by atoms with van der Waals surface area (Å²) < 4.78 is 0. The molecule has 0 unspecified atom stereocenters. The van der Waals surface area contributed by atoms with Crippen LogP contribution in [0.1, 0.15) is 45.0 Å². The van der Waals surface area contributed by atoms with Gasteiger partial charge < -0.3 is 15.5 Å². The number of para-hydroxylation sites is 1. The first-order valence-corrected chi connectivity index (χ1v) is 8.17. The number of hydrogen-bond donors (Lipinski definition) is 2. The largest absolute Gasteiger partial charge is 0.347 e. The molecule has 2 N–H and O–H groups in total. The lowest BCUT2D eigenvalue weighted by molar-refractivity contribution is -0.130. The number of amides is 3. The predicted molar refractivity (Wildman–Crippen MR) is 94.8 cm³/mol. The maximum absolute atomic E-state index is 12.5. The number of nitrogens with one attached hydrogen (secondary N) is 2. The molecule has 0 aliphatic heterocycles. The van der Waals surface area contributed by atoms with E-state index in [-0.39, 0.29) is 24.3 Å². The number of carbonyl (C=O) groups excluding carboxylic acids is 3. The molecule has 6 heteroatoms. The number of anilines is 1. The van der Waals surface area contributed by atoms with Crippen molar-refractivity contribution >= 4 is 23.4 Å². The first kappa shape index (κ1) is 19.7. The number of benzene rings is 1. The summed E-state index contributed by atoms with van der Waals surface area (Å²) in [6.45, 7) is 10.2. The van der Waals surface area contributed by atoms with Crippen molar-refractivity contribution in [2.24, 2.45) is 5.41 Å². The van der Waals surface area contributed by atoms with Crippen LogP contribution in [0.3, 0.4) is 0 Å². The summed E-state index contributed by atoms with van der Waals surface area (Å²) in [5, 5.41) is 5.29. The molecule has 6 nitrogen and oxygen atoms in total. The summed E-state index contributed by atoms with van der Waals surface area (Å²) in [6.07, 6.45) is 0. The molecule has 0 aliphatic rings. The van der Waals surface area contributed by atoms with Crippen molar-refractivity contribution in [3.63, 3.8) is 0 Å². The Balaban J connectivity index is 2.80. The van der Waals surface area contributed by atoms with Gasteiger partial charge in [0, 0.05) is 18.5 Å². The number of rotatable bonds is 6. The van der Waals surface area contributed by atoms with Gasteiger partial charge in [0.15, 0.2) is 0 Å². The van der Waals surface area contributed by atoms with Gasteiger partial charge in [-0.1, -0.05) is 32.9 Å². The summed E-state index contributed by atoms with van der Waals surface area (Å²) in [6, 6.07) is 6.88. The lowest BCUT2D eigenvalue weighted by Crippen LogP contribution is -2.39. The summed E-state index contributed by atoms with van der Waals surface area (Å²) in [7, 11) is 0. The van der Waals surface area contributed by atoms with Gasteiger partial charge in [0.1, 0.15) is 0 Å². The van der Waals surface area contributed by atoms with Gasteiger partial charge >= 0.3 is 0 Å². The van der Waals surface area contributed by atoms with E-state index in [0.29, 0.717) is 24.3 Å². The molecule has 0 saturated carbocycles. The molecule has 0 saturated heterocycles. The quantitative estimate of drug-likeness (QED) is 0.838. The Kier molecular flexibility index (Phi) is 6.95. The average Bonchev–Trinajstić information content (AvgIpc) is 2.53. The zero-order valence-electron chi connectivity index (χ0n) is 15.1. The Morgan fingerprint density at radius 2 is 1.62 bits per heavy atom. The minimum absolute atomic E-state index is 0.130. The fraction of sp³-hybridized carbons (Fsp3) is 0.500. The fourth-order valence-corrected chi connectivity index (χ4v) is 2.08. The van der Waals surface area contributed by atoms with Crippen molar-refractivity contribution in [1.82, 2.24) is 10.2 Å². The van der Waals surface area contributed by atoms with E-state index in [1.54, 1.807) is 49.9 Å². The zero-order valence-corrected chi connectivity index (χ0v) is 15.1. The molecule has 0 spiro atoms. The predicted octanol–water partition coefficient (Wildman–Crippen LogP) is 2.27. The summed E-state index contributed by atoms with van der Waals surface area (Å²) in [5.41, 5.74) is 0.331. The second-order valence-corrected chi connectivity index (χ2v) is 6.50. The highest BCUT2D eigenvalue weighted by atomic mass is 16.2. The standard InChI is InChI=1S/C18H27N3O3/c1-6-21(7-2)16(23)13-10-8-9-11-14(13)20-15(22)12-19-17(24)18(3,4)5/h8-11H,6-7,12H2,1-5H3,(H,19,24)(H,20,22). The van der Waals surface area contributed by atoms with Crippen LogP contribution in [0.2, 0.25) is 0 Å². The molecular formula is C18H27N3O3. The normalized spacial score (nSPS) is 10.9. The van der Waals surface area contributed by atoms with E-state index in [0.717, 1.165) is 0 Å². The van der Waals surface area contributed by atoms with E-state index in [1.807, 2.05) is 13.8 Å². The lowest BCUT2D eigenvalue weighted by atomic mass is 9.96. The van der Waals surface area contributed by atoms with Crippen LogP contribution in [0.25, 0.3) is 0 Å². The summed E-state index contributed by atoms with van der Waals surface area (Å²) >= 11 is 0. The van der Waals surface area contributed by atoms with Gasteiger partial charge in [0.25, 0.3) is 5.91 Å². The molecule has 1 aromatic rings. The fourth-order valence-electron chi connectivity index (χ4n) is 2.08. The molecule has 0 aromatic heterocycles. The van der Waals surface area contributed by atoms with Gasteiger partial charge in [-0.2, -0.15) is 0 Å². The third-order valence-electron chi connectivity index (χ3n) is 3.57. The van der Waals surface area contributed by atoms with Crippen molar-refractivity contribution in [2.75, 3.05) is 25.0 Å².